The first-order chi connectivity index (χ1) is 6.22. The molecule has 5 nitrogen and oxygen atoms in total. The number of rotatable bonds is 2. The Kier molecular flexibility index (Phi) is 2.71. The van der Waals surface area contributed by atoms with E-state index >= 15 is 0 Å². The van der Waals surface area contributed by atoms with E-state index in [1.807, 2.05) is 0 Å². The molecule has 13 heavy (non-hydrogen) atoms. The Balaban J connectivity index is 2.82. The van der Waals surface area contributed by atoms with Crippen molar-refractivity contribution in [2.75, 3.05) is 0 Å². The van der Waals surface area contributed by atoms with Gasteiger partial charge in [0, 0.05) is 24.0 Å². The third kappa shape index (κ3) is 2.71. The van der Waals surface area contributed by atoms with Gasteiger partial charge in [-0.3, -0.25) is 0 Å². The fourth-order valence-corrected chi connectivity index (χ4v) is 0.649. The molecule has 0 aliphatic rings. The second-order valence-electron chi connectivity index (χ2n) is 2.12. The number of hydrogen-bond acceptors (Lipinski definition) is 4. The van der Waals surface area contributed by atoms with E-state index in [1.54, 1.807) is 6.07 Å². The second-order valence-corrected chi connectivity index (χ2v) is 2.12. The first-order valence-corrected chi connectivity index (χ1v) is 3.35. The molecule has 0 amide bonds. The van der Waals surface area contributed by atoms with Crippen molar-refractivity contribution in [1.29, 1.82) is 5.26 Å². The SMILES string of the molecule is N#Cc1ncc(C=CC(=O)O)cn1. The summed E-state index contributed by atoms with van der Waals surface area (Å²) in [6.45, 7) is 0. The van der Waals surface area contributed by atoms with Crippen LogP contribution in [-0.2, 0) is 4.79 Å². The third-order valence-electron chi connectivity index (χ3n) is 1.19. The molecule has 0 unspecified atom stereocenters. The fourth-order valence-electron chi connectivity index (χ4n) is 0.649. The van der Waals surface area contributed by atoms with Crippen LogP contribution in [0.15, 0.2) is 18.5 Å². The van der Waals surface area contributed by atoms with Gasteiger partial charge >= 0.3 is 5.97 Å². The predicted molar refractivity (Wildman–Crippen MR) is 43.4 cm³/mol. The van der Waals surface area contributed by atoms with E-state index in [-0.39, 0.29) is 5.82 Å². The molecule has 0 bridgehead atoms. The summed E-state index contributed by atoms with van der Waals surface area (Å²) in [5, 5.41) is 16.7. The third-order valence-corrected chi connectivity index (χ3v) is 1.19. The lowest BCUT2D eigenvalue weighted by Gasteiger charge is -1.89. The first kappa shape index (κ1) is 8.87. The van der Waals surface area contributed by atoms with Gasteiger partial charge < -0.3 is 5.11 Å². The van der Waals surface area contributed by atoms with Crippen LogP contribution in [0.5, 0.6) is 0 Å². The molecule has 64 valence electrons. The van der Waals surface area contributed by atoms with Gasteiger partial charge in [0.25, 0.3) is 0 Å². The van der Waals surface area contributed by atoms with Gasteiger partial charge in [-0.25, -0.2) is 14.8 Å². The second kappa shape index (κ2) is 3.97. The Morgan fingerprint density at radius 3 is 2.62 bits per heavy atom. The van der Waals surface area contributed by atoms with Crippen molar-refractivity contribution < 1.29 is 9.90 Å². The highest BCUT2D eigenvalue weighted by molar-refractivity contribution is 5.85. The van der Waals surface area contributed by atoms with E-state index < -0.39 is 5.97 Å². The van der Waals surface area contributed by atoms with E-state index in [1.165, 1.54) is 18.5 Å². The molecule has 0 aromatic carbocycles. The molecular formula is C8H5N3O2. The summed E-state index contributed by atoms with van der Waals surface area (Å²) in [6, 6.07) is 1.76. The van der Waals surface area contributed by atoms with Crippen LogP contribution in [0, 0.1) is 11.3 Å². The molecule has 0 saturated carbocycles. The van der Waals surface area contributed by atoms with Gasteiger partial charge in [0.15, 0.2) is 0 Å². The molecule has 1 N–H and O–H groups in total. The number of hydrogen-bond donors (Lipinski definition) is 1. The predicted octanol–water partition coefficient (Wildman–Crippen LogP) is 0.446. The summed E-state index contributed by atoms with van der Waals surface area (Å²) in [7, 11) is 0. The van der Waals surface area contributed by atoms with Crippen LogP contribution in [0.1, 0.15) is 11.4 Å². The molecule has 0 spiro atoms. The highest BCUT2D eigenvalue weighted by atomic mass is 16.4. The van der Waals surface area contributed by atoms with Crippen molar-refractivity contribution in [1.82, 2.24) is 9.97 Å². The summed E-state index contributed by atoms with van der Waals surface area (Å²) >= 11 is 0. The summed E-state index contributed by atoms with van der Waals surface area (Å²) in [5.41, 5.74) is 0.543. The van der Waals surface area contributed by atoms with Crippen molar-refractivity contribution in [3.8, 4) is 6.07 Å². The van der Waals surface area contributed by atoms with Crippen LogP contribution in [0.25, 0.3) is 6.08 Å². The Hall–Kier alpha value is -2.22. The number of nitriles is 1. The lowest BCUT2D eigenvalue weighted by atomic mass is 10.3. The average Bonchev–Trinajstić information content (AvgIpc) is 2.15. The van der Waals surface area contributed by atoms with Crippen molar-refractivity contribution >= 4 is 12.0 Å². The Morgan fingerprint density at radius 1 is 1.54 bits per heavy atom. The molecule has 1 aromatic heterocycles. The standard InChI is InChI=1S/C8H5N3O2/c9-3-7-10-4-6(5-11-7)1-2-8(12)13/h1-2,4-5H,(H,12,13). The van der Waals surface area contributed by atoms with E-state index in [2.05, 4.69) is 9.97 Å². The van der Waals surface area contributed by atoms with Gasteiger partial charge in [0.1, 0.15) is 6.07 Å². The van der Waals surface area contributed by atoms with Gasteiger partial charge in [-0.1, -0.05) is 0 Å². The summed E-state index contributed by atoms with van der Waals surface area (Å²) in [5.74, 6) is -0.975. The molecule has 1 aromatic rings. The Labute approximate surface area is 74.0 Å². The molecule has 0 fully saturated rings. The highest BCUT2D eigenvalue weighted by Crippen LogP contribution is 1.97. The van der Waals surface area contributed by atoms with Crippen LogP contribution >= 0.6 is 0 Å². The minimum absolute atomic E-state index is 0.0625. The zero-order valence-corrected chi connectivity index (χ0v) is 6.51. The molecule has 5 heteroatoms. The van der Waals surface area contributed by atoms with Crippen LogP contribution < -0.4 is 0 Å². The van der Waals surface area contributed by atoms with Crippen molar-refractivity contribution in [2.45, 2.75) is 0 Å². The maximum absolute atomic E-state index is 10.1. The van der Waals surface area contributed by atoms with Crippen LogP contribution in [0.4, 0.5) is 0 Å². The number of carboxylic acids is 1. The molecular weight excluding hydrogens is 170 g/mol. The molecule has 1 rings (SSSR count). The molecule has 0 radical (unpaired) electrons. The van der Waals surface area contributed by atoms with Gasteiger partial charge in [0.2, 0.25) is 5.82 Å². The minimum Gasteiger partial charge on any atom is -0.478 e. The minimum atomic E-state index is -1.04. The highest BCUT2D eigenvalue weighted by Gasteiger charge is 1.93. The van der Waals surface area contributed by atoms with Gasteiger partial charge in [-0.15, -0.1) is 0 Å². The van der Waals surface area contributed by atoms with Crippen molar-refractivity contribution in [3.63, 3.8) is 0 Å². The molecule has 0 atom stereocenters. The van der Waals surface area contributed by atoms with E-state index in [0.717, 1.165) is 6.08 Å². The lowest BCUT2D eigenvalue weighted by Crippen LogP contribution is -1.89. The van der Waals surface area contributed by atoms with Crippen molar-refractivity contribution in [2.24, 2.45) is 0 Å². The zero-order valence-electron chi connectivity index (χ0n) is 6.51. The van der Waals surface area contributed by atoms with E-state index in [9.17, 15) is 4.79 Å². The number of nitrogens with zero attached hydrogens (tertiary/aromatic N) is 3. The Bertz CT molecular complexity index is 375. The maximum Gasteiger partial charge on any atom is 0.328 e. The number of aliphatic carboxylic acids is 1. The molecule has 0 aliphatic heterocycles. The van der Waals surface area contributed by atoms with Crippen molar-refractivity contribution in [3.05, 3.63) is 29.9 Å². The topological polar surface area (TPSA) is 86.9 Å². The molecule has 0 saturated heterocycles. The van der Waals surface area contributed by atoms with Gasteiger partial charge in [-0.2, -0.15) is 5.26 Å². The van der Waals surface area contributed by atoms with Crippen LogP contribution in [0.2, 0.25) is 0 Å². The summed E-state index contributed by atoms with van der Waals surface area (Å²) in [4.78, 5) is 17.4. The summed E-state index contributed by atoms with van der Waals surface area (Å²) < 4.78 is 0. The largest absolute Gasteiger partial charge is 0.478 e. The average molecular weight is 175 g/mol. The number of carboxylic acid groups (broad SMARTS) is 1. The number of aromatic nitrogens is 2. The smallest absolute Gasteiger partial charge is 0.328 e. The van der Waals surface area contributed by atoms with Crippen LogP contribution in [-0.4, -0.2) is 21.0 Å². The molecule has 0 aliphatic carbocycles. The van der Waals surface area contributed by atoms with Crippen LogP contribution in [0.3, 0.4) is 0 Å². The number of carbonyl (C=O) groups is 1. The quantitative estimate of drug-likeness (QED) is 0.659. The maximum atomic E-state index is 10.1. The van der Waals surface area contributed by atoms with Gasteiger partial charge in [0.05, 0.1) is 0 Å². The van der Waals surface area contributed by atoms with E-state index in [4.69, 9.17) is 10.4 Å². The zero-order chi connectivity index (χ0) is 9.68. The molecule has 1 heterocycles. The van der Waals surface area contributed by atoms with E-state index in [0.29, 0.717) is 5.56 Å². The summed E-state index contributed by atoms with van der Waals surface area (Å²) in [6.07, 6.45) is 5.09. The normalized spacial score (nSPS) is 9.77. The van der Waals surface area contributed by atoms with Gasteiger partial charge in [-0.05, 0) is 6.08 Å². The Morgan fingerprint density at radius 2 is 2.15 bits per heavy atom. The monoisotopic (exact) mass is 175 g/mol. The fraction of sp³-hybridized carbons (Fsp3) is 0. The lowest BCUT2D eigenvalue weighted by molar-refractivity contribution is -0.131. The first-order valence-electron chi connectivity index (χ1n) is 3.35.